The van der Waals surface area contributed by atoms with Crippen molar-refractivity contribution in [2.75, 3.05) is 0 Å². The van der Waals surface area contributed by atoms with E-state index in [0.29, 0.717) is 5.92 Å². The average Bonchev–Trinajstić information content (AvgIpc) is 2.34. The quantitative estimate of drug-likeness (QED) is 0.597. The third-order valence-electron chi connectivity index (χ3n) is 1.76. The minimum absolute atomic E-state index is 0.685. The topological polar surface area (TPSA) is 0 Å². The monoisotopic (exact) mass is 171 g/mol. The molecule has 1 rings (SSSR count). The van der Waals surface area contributed by atoms with Crippen molar-refractivity contribution in [1.29, 1.82) is 0 Å². The standard InChI is InChI=1S/C9H12.V/c1-7(2)9-5-4-8(3)6-9;/h3,5-7H,4H2,1-2H3;. The van der Waals surface area contributed by atoms with Crippen molar-refractivity contribution in [1.82, 2.24) is 0 Å². The zero-order chi connectivity index (χ0) is 7.56. The normalized spacial score (nSPS) is 17.0. The summed E-state index contributed by atoms with van der Waals surface area (Å²) in [7, 11) is 0. The predicted molar refractivity (Wildman–Crippen MR) is 41.7 cm³/mol. The molecule has 0 saturated carbocycles. The summed E-state index contributed by atoms with van der Waals surface area (Å²) < 4.78 is 2.12. The van der Waals surface area contributed by atoms with Crippen LogP contribution in [0.5, 0.6) is 0 Å². The van der Waals surface area contributed by atoms with Crippen LogP contribution in [-0.4, -0.2) is 4.73 Å². The van der Waals surface area contributed by atoms with E-state index >= 15 is 0 Å². The Morgan fingerprint density at radius 3 is 2.60 bits per heavy atom. The summed E-state index contributed by atoms with van der Waals surface area (Å²) in [4.78, 5) is 0. The van der Waals surface area contributed by atoms with Gasteiger partial charge in [-0.1, -0.05) is 0 Å². The van der Waals surface area contributed by atoms with Crippen LogP contribution in [0.4, 0.5) is 0 Å². The Balaban J connectivity index is 2.67. The van der Waals surface area contributed by atoms with Gasteiger partial charge in [0.2, 0.25) is 0 Å². The van der Waals surface area contributed by atoms with Gasteiger partial charge in [-0.05, 0) is 0 Å². The summed E-state index contributed by atoms with van der Waals surface area (Å²) in [5, 5.41) is 0. The van der Waals surface area contributed by atoms with Gasteiger partial charge < -0.3 is 0 Å². The second kappa shape index (κ2) is 3.36. The summed E-state index contributed by atoms with van der Waals surface area (Å²) in [6.07, 6.45) is 5.72. The van der Waals surface area contributed by atoms with Crippen LogP contribution in [0.2, 0.25) is 0 Å². The van der Waals surface area contributed by atoms with Crippen molar-refractivity contribution in [2.24, 2.45) is 5.92 Å². The third kappa shape index (κ3) is 1.71. The first-order chi connectivity index (χ1) is 4.74. The number of rotatable bonds is 2. The molecule has 1 heteroatoms. The van der Waals surface area contributed by atoms with Gasteiger partial charge in [-0.2, -0.15) is 0 Å². The molecule has 0 aliphatic heterocycles. The van der Waals surface area contributed by atoms with Gasteiger partial charge >= 0.3 is 71.2 Å². The van der Waals surface area contributed by atoms with E-state index in [1.54, 1.807) is 0 Å². The summed E-state index contributed by atoms with van der Waals surface area (Å²) in [6, 6.07) is 0. The molecule has 53 valence electrons. The average molecular weight is 171 g/mol. The zero-order valence-corrected chi connectivity index (χ0v) is 7.86. The summed E-state index contributed by atoms with van der Waals surface area (Å²) >= 11 is 2.51. The molecule has 10 heavy (non-hydrogen) atoms. The van der Waals surface area contributed by atoms with Crippen LogP contribution < -0.4 is 0 Å². The molecule has 1 aliphatic carbocycles. The molecular formula is C9H12V. The predicted octanol–water partition coefficient (Wildman–Crippen LogP) is 2.25. The van der Waals surface area contributed by atoms with E-state index in [-0.39, 0.29) is 0 Å². The Kier molecular flexibility index (Phi) is 2.70. The van der Waals surface area contributed by atoms with E-state index in [4.69, 9.17) is 0 Å². The van der Waals surface area contributed by atoms with Crippen LogP contribution in [0.1, 0.15) is 20.3 Å². The first-order valence-electron chi connectivity index (χ1n) is 3.62. The van der Waals surface area contributed by atoms with Crippen molar-refractivity contribution in [3.05, 3.63) is 23.3 Å². The molecule has 0 N–H and O–H groups in total. The second-order valence-electron chi connectivity index (χ2n) is 2.91. The maximum atomic E-state index is 2.51. The zero-order valence-electron chi connectivity index (χ0n) is 6.46. The maximum absolute atomic E-state index is 2.51. The minimum atomic E-state index is 0.685. The Hall–Kier alpha value is -0.0656. The van der Waals surface area contributed by atoms with Gasteiger partial charge in [0.15, 0.2) is 0 Å². The first kappa shape index (κ1) is 8.04. The van der Waals surface area contributed by atoms with Gasteiger partial charge in [-0.15, -0.1) is 0 Å². The Morgan fingerprint density at radius 2 is 2.30 bits per heavy atom. The molecule has 0 amide bonds. The van der Waals surface area contributed by atoms with Crippen molar-refractivity contribution >= 4 is 4.73 Å². The van der Waals surface area contributed by atoms with Crippen molar-refractivity contribution < 1.29 is 17.0 Å². The van der Waals surface area contributed by atoms with E-state index in [1.165, 1.54) is 11.1 Å². The Labute approximate surface area is 71.5 Å². The number of hydrogen-bond donors (Lipinski definition) is 0. The van der Waals surface area contributed by atoms with Gasteiger partial charge in [0.1, 0.15) is 0 Å². The molecule has 0 saturated heterocycles. The molecule has 0 atom stereocenters. The fraction of sp³-hybridized carbons (Fsp3) is 0.444. The van der Waals surface area contributed by atoms with Gasteiger partial charge in [0, 0.05) is 0 Å². The molecule has 0 aromatic rings. The Morgan fingerprint density at radius 1 is 1.60 bits per heavy atom. The second-order valence-corrected chi connectivity index (χ2v) is 3.31. The summed E-state index contributed by atoms with van der Waals surface area (Å²) in [5.74, 6) is 0.685. The van der Waals surface area contributed by atoms with Crippen LogP contribution in [0, 0.1) is 5.92 Å². The summed E-state index contributed by atoms with van der Waals surface area (Å²) in [6.45, 7) is 4.46. The molecule has 0 nitrogen and oxygen atoms in total. The van der Waals surface area contributed by atoms with Gasteiger partial charge in [0.25, 0.3) is 0 Å². The fourth-order valence-electron chi connectivity index (χ4n) is 1.06. The molecule has 0 spiro atoms. The fourth-order valence-corrected chi connectivity index (χ4v) is 1.34. The Bertz CT molecular complexity index is 197. The van der Waals surface area contributed by atoms with Crippen LogP contribution in [-0.2, 0) is 17.0 Å². The van der Waals surface area contributed by atoms with Crippen LogP contribution in [0.25, 0.3) is 0 Å². The molecule has 0 heterocycles. The molecule has 0 unspecified atom stereocenters. The molecule has 1 aliphatic rings. The van der Waals surface area contributed by atoms with Crippen LogP contribution in [0.3, 0.4) is 0 Å². The van der Waals surface area contributed by atoms with Crippen molar-refractivity contribution in [3.63, 3.8) is 0 Å². The van der Waals surface area contributed by atoms with Crippen LogP contribution in [0.15, 0.2) is 23.3 Å². The van der Waals surface area contributed by atoms with E-state index in [9.17, 15) is 0 Å². The van der Waals surface area contributed by atoms with Gasteiger partial charge in [-0.25, -0.2) is 0 Å². The van der Waals surface area contributed by atoms with E-state index in [1.807, 2.05) is 0 Å². The van der Waals surface area contributed by atoms with E-state index in [2.05, 4.69) is 47.7 Å². The van der Waals surface area contributed by atoms with Crippen molar-refractivity contribution in [2.45, 2.75) is 20.3 Å². The van der Waals surface area contributed by atoms with Crippen molar-refractivity contribution in [3.8, 4) is 0 Å². The molecule has 0 aromatic heterocycles. The van der Waals surface area contributed by atoms with Crippen LogP contribution >= 0.6 is 0 Å². The molecule has 0 fully saturated rings. The molecule has 0 aromatic carbocycles. The number of hydrogen-bond acceptors (Lipinski definition) is 0. The van der Waals surface area contributed by atoms with E-state index in [0.717, 1.165) is 6.42 Å². The van der Waals surface area contributed by atoms with Gasteiger partial charge in [-0.3, -0.25) is 0 Å². The molecule has 0 radical (unpaired) electrons. The molecule has 0 bridgehead atoms. The first-order valence-corrected chi connectivity index (χ1v) is 4.42. The molecular weight excluding hydrogens is 159 g/mol. The summed E-state index contributed by atoms with van der Waals surface area (Å²) in [5.41, 5.74) is 2.92. The third-order valence-corrected chi connectivity index (χ3v) is 2.28. The van der Waals surface area contributed by atoms with E-state index < -0.39 is 0 Å². The van der Waals surface area contributed by atoms with Gasteiger partial charge in [0.05, 0.1) is 0 Å². The SMILES string of the molecule is CC(C)C1=CCC([CH]=[V])=C1. The number of allylic oxidation sites excluding steroid dienone is 4.